The zero-order valence-corrected chi connectivity index (χ0v) is 9.13. The molecule has 2 heterocycles. The topological polar surface area (TPSA) is 95.7 Å². The Bertz CT molecular complexity index is 448. The van der Waals surface area contributed by atoms with Crippen molar-refractivity contribution >= 4 is 0 Å². The molecule has 7 nitrogen and oxygen atoms in total. The molecule has 0 aliphatic carbocycles. The van der Waals surface area contributed by atoms with Gasteiger partial charge in [0.05, 0.1) is 5.69 Å². The highest BCUT2D eigenvalue weighted by Crippen LogP contribution is 2.01. The van der Waals surface area contributed by atoms with E-state index in [1.807, 2.05) is 13.1 Å². The highest BCUT2D eigenvalue weighted by Gasteiger charge is 2.06. The molecule has 0 saturated carbocycles. The van der Waals surface area contributed by atoms with Crippen molar-refractivity contribution in [2.24, 2.45) is 5.73 Å². The summed E-state index contributed by atoms with van der Waals surface area (Å²) in [5.74, 6) is 1.25. The summed E-state index contributed by atoms with van der Waals surface area (Å²) in [5, 5.41) is 11.8. The third-order valence-corrected chi connectivity index (χ3v) is 2.10. The van der Waals surface area contributed by atoms with Crippen LogP contribution in [0, 0.1) is 0 Å². The molecule has 0 aromatic carbocycles. The van der Waals surface area contributed by atoms with E-state index in [0.717, 1.165) is 18.5 Å². The van der Waals surface area contributed by atoms with E-state index in [-0.39, 0.29) is 0 Å². The number of hydrogen-bond acceptors (Lipinski definition) is 6. The van der Waals surface area contributed by atoms with Crippen LogP contribution in [0.2, 0.25) is 0 Å². The fraction of sp³-hybridized carbons (Fsp3) is 0.556. The third kappa shape index (κ3) is 2.43. The van der Waals surface area contributed by atoms with E-state index in [1.165, 1.54) is 0 Å². The lowest BCUT2D eigenvalue weighted by Crippen LogP contribution is -2.03. The summed E-state index contributed by atoms with van der Waals surface area (Å²) in [6.07, 6.45) is 3.31. The van der Waals surface area contributed by atoms with E-state index in [0.29, 0.717) is 24.8 Å². The van der Waals surface area contributed by atoms with Crippen LogP contribution in [0.4, 0.5) is 0 Å². The minimum atomic E-state index is 0.473. The summed E-state index contributed by atoms with van der Waals surface area (Å²) in [7, 11) is 0. The number of hydrogen-bond donors (Lipinski definition) is 1. The Balaban J connectivity index is 2.02. The van der Waals surface area contributed by atoms with Gasteiger partial charge in [-0.2, -0.15) is 4.98 Å². The average molecular weight is 222 g/mol. The van der Waals surface area contributed by atoms with Crippen LogP contribution in [0.15, 0.2) is 10.7 Å². The van der Waals surface area contributed by atoms with Crippen molar-refractivity contribution in [1.82, 2.24) is 25.1 Å². The van der Waals surface area contributed by atoms with Crippen molar-refractivity contribution in [2.75, 3.05) is 6.54 Å². The van der Waals surface area contributed by atoms with Gasteiger partial charge >= 0.3 is 0 Å². The first kappa shape index (κ1) is 10.7. The second-order valence-corrected chi connectivity index (χ2v) is 3.40. The maximum absolute atomic E-state index is 5.43. The lowest BCUT2D eigenvalue weighted by Gasteiger charge is -1.92. The Kier molecular flexibility index (Phi) is 3.25. The van der Waals surface area contributed by atoms with Crippen molar-refractivity contribution in [1.29, 1.82) is 0 Å². The molecule has 16 heavy (non-hydrogen) atoms. The normalized spacial score (nSPS) is 10.9. The van der Waals surface area contributed by atoms with Crippen molar-refractivity contribution in [3.63, 3.8) is 0 Å². The predicted molar refractivity (Wildman–Crippen MR) is 55.6 cm³/mol. The smallest absolute Gasteiger partial charge is 0.226 e. The molecule has 0 aliphatic rings. The Morgan fingerprint density at radius 3 is 3.06 bits per heavy atom. The zero-order chi connectivity index (χ0) is 11.4. The van der Waals surface area contributed by atoms with Crippen molar-refractivity contribution in [3.05, 3.63) is 23.6 Å². The van der Waals surface area contributed by atoms with Crippen LogP contribution in [-0.4, -0.2) is 31.7 Å². The molecular weight excluding hydrogens is 208 g/mol. The zero-order valence-electron chi connectivity index (χ0n) is 9.13. The van der Waals surface area contributed by atoms with Gasteiger partial charge in [-0.25, -0.2) is 4.68 Å². The van der Waals surface area contributed by atoms with Gasteiger partial charge in [0.25, 0.3) is 0 Å². The molecule has 7 heteroatoms. The van der Waals surface area contributed by atoms with E-state index in [2.05, 4.69) is 20.5 Å². The average Bonchev–Trinajstić information content (AvgIpc) is 2.89. The molecule has 0 bridgehead atoms. The van der Waals surface area contributed by atoms with Gasteiger partial charge in [0, 0.05) is 19.0 Å². The molecule has 2 N–H and O–H groups in total. The lowest BCUT2D eigenvalue weighted by atomic mass is 10.3. The van der Waals surface area contributed by atoms with E-state index in [4.69, 9.17) is 10.3 Å². The number of rotatable bonds is 5. The second-order valence-electron chi connectivity index (χ2n) is 3.40. The number of nitrogens with zero attached hydrogens (tertiary/aromatic N) is 5. The molecule has 2 rings (SSSR count). The monoisotopic (exact) mass is 222 g/mol. The fourth-order valence-corrected chi connectivity index (χ4v) is 1.32. The lowest BCUT2D eigenvalue weighted by molar-refractivity contribution is 0.374. The van der Waals surface area contributed by atoms with Gasteiger partial charge in [0.1, 0.15) is 6.54 Å². The maximum Gasteiger partial charge on any atom is 0.226 e. The second kappa shape index (κ2) is 4.84. The summed E-state index contributed by atoms with van der Waals surface area (Å²) in [6, 6.07) is 0. The van der Waals surface area contributed by atoms with Gasteiger partial charge in [-0.05, 0) is 6.54 Å². The predicted octanol–water partition coefficient (Wildman–Crippen LogP) is -0.227. The molecule has 0 saturated heterocycles. The van der Waals surface area contributed by atoms with E-state index in [1.54, 1.807) is 4.68 Å². The van der Waals surface area contributed by atoms with Gasteiger partial charge < -0.3 is 10.3 Å². The molecule has 2 aromatic heterocycles. The van der Waals surface area contributed by atoms with Crippen molar-refractivity contribution in [3.8, 4) is 0 Å². The molecule has 0 unspecified atom stereocenters. The summed E-state index contributed by atoms with van der Waals surface area (Å²) < 4.78 is 6.67. The van der Waals surface area contributed by atoms with Crippen LogP contribution in [-0.2, 0) is 19.4 Å². The quantitative estimate of drug-likeness (QED) is 0.751. The summed E-state index contributed by atoms with van der Waals surface area (Å²) in [4.78, 5) is 4.19. The van der Waals surface area contributed by atoms with Gasteiger partial charge in [0.15, 0.2) is 5.82 Å². The van der Waals surface area contributed by atoms with E-state index in [9.17, 15) is 0 Å². The summed E-state index contributed by atoms with van der Waals surface area (Å²) in [5.41, 5.74) is 6.30. The largest absolute Gasteiger partial charge is 0.339 e. The molecule has 0 radical (unpaired) electrons. The molecular formula is C9H14N6O. The molecule has 0 amide bonds. The van der Waals surface area contributed by atoms with Crippen molar-refractivity contribution < 1.29 is 4.52 Å². The van der Waals surface area contributed by atoms with Gasteiger partial charge in [-0.3, -0.25) is 0 Å². The van der Waals surface area contributed by atoms with Crippen LogP contribution in [0.5, 0.6) is 0 Å². The molecule has 0 atom stereocenters. The molecule has 0 spiro atoms. The van der Waals surface area contributed by atoms with Gasteiger partial charge in [-0.1, -0.05) is 17.3 Å². The number of aromatic nitrogens is 5. The summed E-state index contributed by atoms with van der Waals surface area (Å²) in [6.45, 7) is 3.01. The highest BCUT2D eigenvalue weighted by atomic mass is 16.5. The van der Waals surface area contributed by atoms with Crippen LogP contribution in [0.25, 0.3) is 0 Å². The Morgan fingerprint density at radius 1 is 1.50 bits per heavy atom. The highest BCUT2D eigenvalue weighted by molar-refractivity contribution is 4.95. The summed E-state index contributed by atoms with van der Waals surface area (Å²) >= 11 is 0. The maximum atomic E-state index is 5.43. The van der Waals surface area contributed by atoms with Crippen LogP contribution in [0.1, 0.15) is 24.3 Å². The van der Waals surface area contributed by atoms with Gasteiger partial charge in [0.2, 0.25) is 5.89 Å². The van der Waals surface area contributed by atoms with Gasteiger partial charge in [-0.15, -0.1) is 5.10 Å². The Labute approximate surface area is 92.6 Å². The molecule has 0 fully saturated rings. The third-order valence-electron chi connectivity index (χ3n) is 2.10. The van der Waals surface area contributed by atoms with E-state index < -0.39 is 0 Å². The van der Waals surface area contributed by atoms with Crippen LogP contribution < -0.4 is 5.73 Å². The number of nitrogens with two attached hydrogens (primary N) is 1. The first-order valence-electron chi connectivity index (χ1n) is 5.22. The van der Waals surface area contributed by atoms with Crippen LogP contribution in [0.3, 0.4) is 0 Å². The molecule has 2 aromatic rings. The first-order valence-corrected chi connectivity index (χ1v) is 5.22. The van der Waals surface area contributed by atoms with Crippen molar-refractivity contribution in [2.45, 2.75) is 26.3 Å². The SMILES string of the molecule is CCc1nc(Cn2cc(CCN)nn2)no1. The minimum absolute atomic E-state index is 0.473. The van der Waals surface area contributed by atoms with E-state index >= 15 is 0 Å². The standard InChI is InChI=1S/C9H14N6O/c1-2-9-11-8(13-16-9)6-15-5-7(3-4-10)12-14-15/h5H,2-4,6,10H2,1H3. The fourth-order valence-electron chi connectivity index (χ4n) is 1.32. The minimum Gasteiger partial charge on any atom is -0.339 e. The molecule has 0 aliphatic heterocycles. The first-order chi connectivity index (χ1) is 7.81. The number of aryl methyl sites for hydroxylation is 1. The Hall–Kier alpha value is -1.76. The molecule has 86 valence electrons. The Morgan fingerprint density at radius 2 is 2.38 bits per heavy atom. The van der Waals surface area contributed by atoms with Crippen LogP contribution >= 0.6 is 0 Å².